The number of aliphatic hydroxyl groups is 1. The fourth-order valence-corrected chi connectivity index (χ4v) is 12.2. The molecule has 12 N–H and O–H groups in total. The first-order chi connectivity index (χ1) is 36.3. The number of aliphatic carboxylic acids is 1. The lowest BCUT2D eigenvalue weighted by molar-refractivity contribution is -0.234. The number of urea groups is 1. The van der Waals surface area contributed by atoms with Crippen molar-refractivity contribution in [1.82, 2.24) is 26.6 Å². The molecule has 1 aromatic rings. The third kappa shape index (κ3) is 12.8. The molecule has 4 fully saturated rings. The highest BCUT2D eigenvalue weighted by Crippen LogP contribution is 2.72. The van der Waals surface area contributed by atoms with Crippen LogP contribution in [0.5, 0.6) is 0 Å². The van der Waals surface area contributed by atoms with Crippen molar-refractivity contribution in [2.45, 2.75) is 154 Å². The van der Waals surface area contributed by atoms with Crippen LogP contribution in [0, 0.1) is 34.5 Å². The number of halogens is 1. The Kier molecular flexibility index (Phi) is 19.4. The number of nitrogens with two attached hydrogens (primary N) is 2. The number of alkyl carbamates (subject to hydrolysis) is 1. The van der Waals surface area contributed by atoms with Crippen LogP contribution < -0.4 is 43.4 Å². The van der Waals surface area contributed by atoms with Crippen molar-refractivity contribution in [1.29, 1.82) is 0 Å². The number of aliphatic hydroxyl groups excluding tert-OH is 1. The highest BCUT2D eigenvalue weighted by Gasteiger charge is 2.79. The highest BCUT2D eigenvalue weighted by atomic mass is 19.1. The van der Waals surface area contributed by atoms with E-state index in [9.17, 15) is 48.3 Å². The van der Waals surface area contributed by atoms with E-state index in [0.29, 0.717) is 42.5 Å². The Morgan fingerprint density at radius 2 is 1.66 bits per heavy atom. The number of carboxylic acids is 1. The number of benzene rings is 1. The number of rotatable bonds is 25. The lowest BCUT2D eigenvalue weighted by Gasteiger charge is -2.63. The smallest absolute Gasteiger partial charge is 0.407 e. The molecule has 24 heteroatoms. The summed E-state index contributed by atoms with van der Waals surface area (Å²) >= 11 is 0. The zero-order valence-corrected chi connectivity index (χ0v) is 44.4. The lowest BCUT2D eigenvalue weighted by Crippen LogP contribution is -2.70. The summed E-state index contributed by atoms with van der Waals surface area (Å²) in [6.45, 7) is 9.27. The molecule has 23 nitrogen and oxygen atoms in total. The largest absolute Gasteiger partial charge is 0.481 e. The zero-order chi connectivity index (χ0) is 56.6. The normalized spacial score (nSPS) is 29.9. The van der Waals surface area contributed by atoms with Crippen LogP contribution in [-0.4, -0.2) is 138 Å². The molecule has 13 atom stereocenters. The van der Waals surface area contributed by atoms with Gasteiger partial charge in [-0.15, -0.1) is 0 Å². The average molecular weight is 1080 g/mol. The predicted octanol–water partition coefficient (Wildman–Crippen LogP) is 2.28. The third-order valence-corrected chi connectivity index (χ3v) is 16.1. The Labute approximate surface area is 446 Å². The summed E-state index contributed by atoms with van der Waals surface area (Å²) in [5.41, 5.74) is 6.43. The standard InChI is InChI=1S/C53H75FN8O15/c1-7-9-43-76-40-22-34-35-20-29(4)33-21-32(63)17-18-50(33,5)52(35,54)38(64)23-51(34,6)53(40,77-43)39(65)26-74-27-59-41(66)24-58-49(73)75-25-30-11-13-31(14-12-30)60-46(70)37(10-8-19-57-48(56)72)61-47(71)44(28(2)3)62-45(69)36(55)15-16-42(67)68/h11-14,17-18,21,28-29,34-38,40,43-44,64H,7-10,15-16,19-20,22-27,55H2,1-6H3,(H,58,73)(H,59,66)(H,60,70)(H,61,71)(H,62,69)(H,67,68)(H3,56,57,72)/t29-,34-,35-,36+,37-,38-,40+,43?,44-,50-,51-,52-,53+/m0/s1. The number of alkyl halides is 1. The van der Waals surface area contributed by atoms with Gasteiger partial charge in [-0.1, -0.05) is 64.8 Å². The van der Waals surface area contributed by atoms with Crippen LogP contribution in [0.1, 0.15) is 105 Å². The minimum Gasteiger partial charge on any atom is -0.481 e. The van der Waals surface area contributed by atoms with Crippen molar-refractivity contribution in [3.63, 3.8) is 0 Å². The Hall–Kier alpha value is -6.34. The number of hydrogen-bond acceptors (Lipinski definition) is 15. The van der Waals surface area contributed by atoms with Gasteiger partial charge in [0, 0.05) is 35.4 Å². The molecular formula is C53H75FN8O15. The summed E-state index contributed by atoms with van der Waals surface area (Å²) < 4.78 is 41.9. The number of carbonyl (C=O) groups is 9. The summed E-state index contributed by atoms with van der Waals surface area (Å²) in [7, 11) is 0. The van der Waals surface area contributed by atoms with Gasteiger partial charge in [-0.3, -0.25) is 33.6 Å². The monoisotopic (exact) mass is 1080 g/mol. The van der Waals surface area contributed by atoms with Crippen molar-refractivity contribution < 1.29 is 76.7 Å². The van der Waals surface area contributed by atoms with E-state index in [4.69, 9.17) is 35.5 Å². The lowest BCUT2D eigenvalue weighted by atomic mass is 9.43. The first kappa shape index (κ1) is 59.9. The molecule has 5 aliphatic rings. The van der Waals surface area contributed by atoms with Crippen LogP contribution in [-0.2, 0) is 59.1 Å². The summed E-state index contributed by atoms with van der Waals surface area (Å²) in [5, 5.41) is 36.0. The molecule has 1 aliphatic heterocycles. The van der Waals surface area contributed by atoms with Crippen LogP contribution in [0.3, 0.4) is 0 Å². The molecule has 4 aliphatic carbocycles. The maximum absolute atomic E-state index is 18.0. The number of allylic oxidation sites excluding steroid dienone is 4. The van der Waals surface area contributed by atoms with Gasteiger partial charge in [0.2, 0.25) is 23.6 Å². The number of carboxylic acid groups (broad SMARTS) is 1. The Bertz CT molecular complexity index is 2480. The summed E-state index contributed by atoms with van der Waals surface area (Å²) in [6.07, 6.45) is 2.06. The van der Waals surface area contributed by atoms with Crippen LogP contribution in [0.15, 0.2) is 48.1 Å². The van der Waals surface area contributed by atoms with E-state index in [0.717, 1.165) is 0 Å². The first-order valence-corrected chi connectivity index (χ1v) is 26.3. The number of anilines is 1. The molecule has 0 spiro atoms. The molecule has 77 heavy (non-hydrogen) atoms. The Morgan fingerprint density at radius 3 is 2.32 bits per heavy atom. The fraction of sp³-hybridized carbons (Fsp3) is 0.642. The van der Waals surface area contributed by atoms with E-state index < -0.39 is 144 Å². The number of ketones is 2. The minimum absolute atomic E-state index is 0.0485. The molecule has 0 bridgehead atoms. The van der Waals surface area contributed by atoms with Crippen molar-refractivity contribution in [2.24, 2.45) is 46.0 Å². The van der Waals surface area contributed by atoms with Gasteiger partial charge in [0.1, 0.15) is 38.6 Å². The fourth-order valence-electron chi connectivity index (χ4n) is 12.2. The van der Waals surface area contributed by atoms with Gasteiger partial charge in [-0.2, -0.15) is 0 Å². The number of fused-ring (bicyclic) bond motifs is 7. The first-order valence-electron chi connectivity index (χ1n) is 26.3. The van der Waals surface area contributed by atoms with E-state index in [1.165, 1.54) is 24.3 Å². The quantitative estimate of drug-likeness (QED) is 0.0496. The van der Waals surface area contributed by atoms with Gasteiger partial charge in [0.05, 0.1) is 18.2 Å². The number of ether oxygens (including phenoxy) is 4. The highest BCUT2D eigenvalue weighted by molar-refractivity contribution is 6.01. The van der Waals surface area contributed by atoms with E-state index in [1.807, 2.05) is 20.8 Å². The molecule has 6 rings (SSSR count). The van der Waals surface area contributed by atoms with Crippen LogP contribution >= 0.6 is 0 Å². The molecule has 1 aromatic carbocycles. The molecule has 1 heterocycles. The molecule has 424 valence electrons. The Morgan fingerprint density at radius 1 is 0.948 bits per heavy atom. The number of hydrogen-bond donors (Lipinski definition) is 10. The second-order valence-corrected chi connectivity index (χ2v) is 21.6. The number of nitrogens with one attached hydrogen (secondary N) is 6. The van der Waals surface area contributed by atoms with Crippen molar-refractivity contribution in [3.05, 3.63) is 53.6 Å². The van der Waals surface area contributed by atoms with Gasteiger partial charge in [-0.05, 0) is 99.5 Å². The summed E-state index contributed by atoms with van der Waals surface area (Å²) in [5.74, 6) is -6.33. The number of primary amides is 1. The van der Waals surface area contributed by atoms with Crippen LogP contribution in [0.4, 0.5) is 19.7 Å². The van der Waals surface area contributed by atoms with Gasteiger partial charge < -0.3 is 72.5 Å². The number of amides is 7. The van der Waals surface area contributed by atoms with Gasteiger partial charge in [0.15, 0.2) is 29.1 Å². The number of Topliss-reactive ketones (excluding diaryl/α,β-unsaturated/α-hetero) is 1. The van der Waals surface area contributed by atoms with E-state index >= 15 is 4.39 Å². The predicted molar refractivity (Wildman–Crippen MR) is 273 cm³/mol. The van der Waals surface area contributed by atoms with Crippen molar-refractivity contribution in [3.8, 4) is 0 Å². The maximum atomic E-state index is 18.0. The van der Waals surface area contributed by atoms with Gasteiger partial charge in [-0.25, -0.2) is 14.0 Å². The molecule has 7 amide bonds. The molecule has 0 radical (unpaired) electrons. The number of carbonyl (C=O) groups excluding carboxylic acids is 8. The van der Waals surface area contributed by atoms with E-state index in [1.54, 1.807) is 39.0 Å². The second-order valence-electron chi connectivity index (χ2n) is 21.6. The van der Waals surface area contributed by atoms with E-state index in [-0.39, 0.29) is 57.0 Å². The van der Waals surface area contributed by atoms with E-state index in [2.05, 4.69) is 31.9 Å². The molecular weight excluding hydrogens is 1010 g/mol. The van der Waals surface area contributed by atoms with Gasteiger partial charge >= 0.3 is 18.1 Å². The average Bonchev–Trinajstić information content (AvgIpc) is 3.86. The molecule has 0 aromatic heterocycles. The summed E-state index contributed by atoms with van der Waals surface area (Å²) in [6, 6.07) is 1.90. The molecule has 3 saturated carbocycles. The Balaban J connectivity index is 0.972. The third-order valence-electron chi connectivity index (χ3n) is 16.1. The summed E-state index contributed by atoms with van der Waals surface area (Å²) in [4.78, 5) is 114. The maximum Gasteiger partial charge on any atom is 0.407 e. The molecule has 1 saturated heterocycles. The van der Waals surface area contributed by atoms with Crippen LogP contribution in [0.2, 0.25) is 0 Å². The van der Waals surface area contributed by atoms with Crippen molar-refractivity contribution >= 4 is 59.0 Å². The van der Waals surface area contributed by atoms with Gasteiger partial charge in [0.25, 0.3) is 0 Å². The zero-order valence-electron chi connectivity index (χ0n) is 44.4. The topological polar surface area (TPSA) is 355 Å². The van der Waals surface area contributed by atoms with Crippen molar-refractivity contribution in [2.75, 3.05) is 31.7 Å². The van der Waals surface area contributed by atoms with Crippen LogP contribution in [0.25, 0.3) is 0 Å². The minimum atomic E-state index is -2.13. The SMILES string of the molecule is CCCC1O[C@@H]2C[C@H]3[C@@H]4C[C@H](C)C5=CC(=O)C=C[C@]5(C)[C@@]4(F)[C@@H](O)C[C@]3(C)[C@]2(C(=O)COCNC(=O)CNC(=O)OCc2ccc(NC(=O)[C@H](CCCNC(N)=O)NC(=O)[C@@H](NC(=O)[C@H](N)CCC(=O)O)C(C)C)cc2)O1. The second kappa shape index (κ2) is 25.0. The molecule has 1 unspecified atom stereocenters.